The SMILES string of the molecule is CCC1CC(C)C(O)C(C)CC(OC)C(C(C)OC)OC(O)(C(C)C)C(=O)C(=O)N2CCCCC2C(=O)OC(/C(C)=C/C2CCC(O)C(OC)C2)C(C)C(O)CC1=O. The third-order valence-electron chi connectivity index (χ3n) is 13.3. The molecule has 15 atom stereocenters. The lowest BCUT2D eigenvalue weighted by Gasteiger charge is -2.41. The molecule has 1 aliphatic carbocycles. The van der Waals surface area contributed by atoms with E-state index in [1.54, 1.807) is 41.7 Å². The van der Waals surface area contributed by atoms with Gasteiger partial charge in [0.05, 0.1) is 36.6 Å². The number of esters is 1. The molecule has 0 spiro atoms. The summed E-state index contributed by atoms with van der Waals surface area (Å²) in [6.07, 6.45) is -0.832. The molecule has 0 radical (unpaired) electrons. The molecule has 14 nitrogen and oxygen atoms in total. The number of amides is 1. The van der Waals surface area contributed by atoms with Crippen LogP contribution in [0, 0.1) is 35.5 Å². The molecule has 0 aromatic rings. The largest absolute Gasteiger partial charge is 0.456 e. The molecule has 0 aromatic carbocycles. The van der Waals surface area contributed by atoms with Gasteiger partial charge in [-0.25, -0.2) is 4.79 Å². The van der Waals surface area contributed by atoms with Crippen molar-refractivity contribution in [2.45, 2.75) is 180 Å². The number of piperidine rings is 1. The molecule has 2 heterocycles. The molecular formula is C44H75NO13. The van der Waals surface area contributed by atoms with Gasteiger partial charge in [0.1, 0.15) is 24.0 Å². The van der Waals surface area contributed by atoms with Crippen LogP contribution in [-0.2, 0) is 42.9 Å². The van der Waals surface area contributed by atoms with Crippen LogP contribution >= 0.6 is 0 Å². The standard InChI is InChI=1S/C44H75NO13/c1-12-31-20-25(4)38(49)26(5)21-37(56-11)40(29(8)54-9)58-44(53,24(2)3)41(50)42(51)45-18-14-13-15-32(45)43(52)57-39(28(7)34(47)23-35(31)48)27(6)19-30-16-17-33(46)36(22-30)55-10/h19,24-26,28-34,36-40,46-47,49,53H,12-18,20-23H2,1-11H3/b27-19+. The highest BCUT2D eigenvalue weighted by atomic mass is 16.7. The van der Waals surface area contributed by atoms with Crippen LogP contribution in [0.2, 0.25) is 0 Å². The molecule has 2 aliphatic heterocycles. The minimum Gasteiger partial charge on any atom is -0.456 e. The van der Waals surface area contributed by atoms with Crippen molar-refractivity contribution in [3.63, 3.8) is 0 Å². The maximum Gasteiger partial charge on any atom is 0.329 e. The summed E-state index contributed by atoms with van der Waals surface area (Å²) in [5, 5.41) is 45.8. The van der Waals surface area contributed by atoms with Crippen LogP contribution < -0.4 is 0 Å². The lowest BCUT2D eigenvalue weighted by molar-refractivity contribution is -0.272. The second-order valence-electron chi connectivity index (χ2n) is 17.8. The van der Waals surface area contributed by atoms with Crippen LogP contribution in [-0.4, -0.2) is 137 Å². The Morgan fingerprint density at radius 1 is 0.897 bits per heavy atom. The number of cyclic esters (lactones) is 1. The number of aliphatic hydroxyl groups excluding tert-OH is 3. The number of rotatable bonds is 8. The first-order valence-corrected chi connectivity index (χ1v) is 21.5. The fraction of sp³-hybridized carbons (Fsp3) is 0.864. The van der Waals surface area contributed by atoms with Gasteiger partial charge < -0.3 is 49.0 Å². The molecule has 3 rings (SSSR count). The fourth-order valence-electron chi connectivity index (χ4n) is 9.11. The average molecular weight is 826 g/mol. The number of ketones is 2. The van der Waals surface area contributed by atoms with Crippen molar-refractivity contribution >= 4 is 23.4 Å². The minimum absolute atomic E-state index is 0.0237. The number of carbonyl (C=O) groups excluding carboxylic acids is 4. The van der Waals surface area contributed by atoms with Gasteiger partial charge in [0.15, 0.2) is 0 Å². The van der Waals surface area contributed by atoms with Gasteiger partial charge in [-0.15, -0.1) is 0 Å². The smallest absolute Gasteiger partial charge is 0.329 e. The third kappa shape index (κ3) is 12.2. The number of fused-ring (bicyclic) bond motifs is 1. The van der Waals surface area contributed by atoms with Crippen LogP contribution in [0.15, 0.2) is 11.6 Å². The Morgan fingerprint density at radius 2 is 1.53 bits per heavy atom. The lowest BCUT2D eigenvalue weighted by atomic mass is 9.79. The Morgan fingerprint density at radius 3 is 2.12 bits per heavy atom. The normalized spacial score (nSPS) is 39.5. The van der Waals surface area contributed by atoms with Crippen LogP contribution in [0.5, 0.6) is 0 Å². The van der Waals surface area contributed by atoms with Crippen molar-refractivity contribution in [2.24, 2.45) is 35.5 Å². The number of methoxy groups -OCH3 is 3. The van der Waals surface area contributed by atoms with Crippen molar-refractivity contribution in [3.8, 4) is 0 Å². The maximum atomic E-state index is 14.3. The van der Waals surface area contributed by atoms with E-state index in [4.69, 9.17) is 23.7 Å². The molecular weight excluding hydrogens is 750 g/mol. The van der Waals surface area contributed by atoms with Gasteiger partial charge in [0.2, 0.25) is 5.79 Å². The van der Waals surface area contributed by atoms with Gasteiger partial charge in [0, 0.05) is 52.0 Å². The van der Waals surface area contributed by atoms with Crippen LogP contribution in [0.4, 0.5) is 0 Å². The first kappa shape index (κ1) is 50.1. The van der Waals surface area contributed by atoms with E-state index in [0.29, 0.717) is 50.5 Å². The third-order valence-corrected chi connectivity index (χ3v) is 13.3. The number of allylic oxidation sites excluding steroid dienone is 1. The van der Waals surface area contributed by atoms with E-state index < -0.39 is 95.9 Å². The highest BCUT2D eigenvalue weighted by molar-refractivity contribution is 6.39. The van der Waals surface area contributed by atoms with Crippen LogP contribution in [0.25, 0.3) is 0 Å². The Labute approximate surface area is 346 Å². The zero-order chi connectivity index (χ0) is 43.6. The van der Waals surface area contributed by atoms with E-state index >= 15 is 0 Å². The van der Waals surface area contributed by atoms with E-state index in [-0.39, 0.29) is 49.5 Å². The van der Waals surface area contributed by atoms with Gasteiger partial charge in [-0.3, -0.25) is 14.4 Å². The number of ether oxygens (including phenoxy) is 5. The molecule has 0 aromatic heterocycles. The molecule has 3 fully saturated rings. The molecule has 0 bridgehead atoms. The van der Waals surface area contributed by atoms with Gasteiger partial charge in [-0.2, -0.15) is 0 Å². The van der Waals surface area contributed by atoms with Crippen LogP contribution in [0.1, 0.15) is 120 Å². The van der Waals surface area contributed by atoms with Crippen molar-refractivity contribution in [3.05, 3.63) is 11.6 Å². The van der Waals surface area contributed by atoms with Crippen molar-refractivity contribution < 1.29 is 63.3 Å². The molecule has 15 unspecified atom stereocenters. The van der Waals surface area contributed by atoms with Gasteiger partial charge in [-0.1, -0.05) is 47.6 Å². The summed E-state index contributed by atoms with van der Waals surface area (Å²) >= 11 is 0. The average Bonchev–Trinajstić information content (AvgIpc) is 3.21. The van der Waals surface area contributed by atoms with Crippen molar-refractivity contribution in [1.29, 1.82) is 0 Å². The van der Waals surface area contributed by atoms with Gasteiger partial charge in [-0.05, 0) is 95.0 Å². The summed E-state index contributed by atoms with van der Waals surface area (Å²) < 4.78 is 29.6. The van der Waals surface area contributed by atoms with E-state index in [9.17, 15) is 39.6 Å². The highest BCUT2D eigenvalue weighted by Gasteiger charge is 2.52. The summed E-state index contributed by atoms with van der Waals surface area (Å²) in [6, 6.07) is -1.17. The maximum absolute atomic E-state index is 14.3. The van der Waals surface area contributed by atoms with Crippen molar-refractivity contribution in [1.82, 2.24) is 4.90 Å². The Bertz CT molecular complexity index is 1390. The summed E-state index contributed by atoms with van der Waals surface area (Å²) in [5.74, 6) is -8.82. The summed E-state index contributed by atoms with van der Waals surface area (Å²) in [6.45, 7) is 14.0. The first-order valence-electron chi connectivity index (χ1n) is 21.5. The van der Waals surface area contributed by atoms with E-state index in [1.165, 1.54) is 14.2 Å². The predicted molar refractivity (Wildman–Crippen MR) is 216 cm³/mol. The van der Waals surface area contributed by atoms with Gasteiger partial charge >= 0.3 is 5.97 Å². The lowest BCUT2D eigenvalue weighted by Crippen LogP contribution is -2.61. The number of hydrogen-bond donors (Lipinski definition) is 4. The molecule has 3 aliphatic rings. The van der Waals surface area contributed by atoms with E-state index in [0.717, 1.165) is 4.90 Å². The highest BCUT2D eigenvalue weighted by Crippen LogP contribution is 2.35. The Kier molecular flexibility index (Phi) is 19.4. The number of carbonyl (C=O) groups is 4. The van der Waals surface area contributed by atoms with Crippen molar-refractivity contribution in [2.75, 3.05) is 27.9 Å². The van der Waals surface area contributed by atoms with E-state index in [1.807, 2.05) is 26.8 Å². The monoisotopic (exact) mass is 826 g/mol. The molecule has 2 saturated heterocycles. The molecule has 1 amide bonds. The molecule has 4 N–H and O–H groups in total. The minimum atomic E-state index is -2.64. The zero-order valence-corrected chi connectivity index (χ0v) is 36.9. The zero-order valence-electron chi connectivity index (χ0n) is 36.9. The number of aliphatic hydroxyl groups is 4. The van der Waals surface area contributed by atoms with Crippen LogP contribution in [0.3, 0.4) is 0 Å². The van der Waals surface area contributed by atoms with E-state index in [2.05, 4.69) is 0 Å². The Balaban J connectivity index is 2.15. The predicted octanol–water partition coefficient (Wildman–Crippen LogP) is 4.16. The number of Topliss-reactive ketones (excluding diaryl/α,β-unsaturated/α-hetero) is 2. The second kappa shape index (κ2) is 22.5. The quantitative estimate of drug-likeness (QED) is 0.155. The molecule has 1 saturated carbocycles. The topological polar surface area (TPSA) is 199 Å². The number of hydrogen-bond acceptors (Lipinski definition) is 13. The summed E-state index contributed by atoms with van der Waals surface area (Å²) in [4.78, 5) is 57.9. The second-order valence-corrected chi connectivity index (χ2v) is 17.8. The first-order chi connectivity index (χ1) is 27.2. The Hall–Kier alpha value is -2.30. The number of nitrogens with zero attached hydrogens (tertiary/aromatic N) is 1. The molecule has 334 valence electrons. The molecule has 58 heavy (non-hydrogen) atoms. The van der Waals surface area contributed by atoms with Gasteiger partial charge in [0.25, 0.3) is 11.7 Å². The summed E-state index contributed by atoms with van der Waals surface area (Å²) in [5.41, 5.74) is 0.637. The molecule has 14 heteroatoms. The fourth-order valence-corrected chi connectivity index (χ4v) is 9.11. The summed E-state index contributed by atoms with van der Waals surface area (Å²) in [7, 11) is 4.46.